The van der Waals surface area contributed by atoms with Crippen molar-refractivity contribution in [3.63, 3.8) is 0 Å². The van der Waals surface area contributed by atoms with Crippen LogP contribution in [0.1, 0.15) is 54.1 Å². The number of hydrogen-bond acceptors (Lipinski definition) is 14. The lowest BCUT2D eigenvalue weighted by atomic mass is 9.96. The van der Waals surface area contributed by atoms with E-state index < -0.39 is 80.5 Å². The molecular formula is C58H57N3O15. The number of nitrogens with one attached hydrogen (secondary N) is 2. The molecule has 0 aliphatic rings. The van der Waals surface area contributed by atoms with E-state index in [-0.39, 0.29) is 72.7 Å². The predicted molar refractivity (Wildman–Crippen MR) is 278 cm³/mol. The maximum absolute atomic E-state index is 14.9. The number of nitrogens with zero attached hydrogens (tertiary/aromatic N) is 1. The number of nitro groups is 1. The normalized spacial score (nSPS) is 11.2. The van der Waals surface area contributed by atoms with E-state index in [9.17, 15) is 34.4 Å². The van der Waals surface area contributed by atoms with Crippen molar-refractivity contribution in [2.45, 2.75) is 51.3 Å². The number of benzene rings is 6. The standard InChI is InChI=1S/C58H57N3O15/c62-55(54-52(76-58(65)66)26-27-59-57(54)64)49-29-53(75-34-45-24-14-5-15-25-45)51(61(67)68)28-50(49)56(63)60-46(35-73-47(37-69-30-41-16-6-1-7-17-41)38-70-31-42-18-8-2-9-19-42)36-74-48(39-71-32-43-20-10-3-11-21-43)40-72-33-44-22-12-4-13-23-44/h1-29,46-48H,30-40H2,(H,59,64)(H,60,63)(H,65,66). The molecule has 3 N–H and O–H groups in total. The van der Waals surface area contributed by atoms with Gasteiger partial charge in [0.2, 0.25) is 5.78 Å². The molecule has 0 spiro atoms. The molecule has 0 saturated carbocycles. The van der Waals surface area contributed by atoms with Crippen LogP contribution in [0.4, 0.5) is 10.5 Å². The fourth-order valence-corrected chi connectivity index (χ4v) is 7.64. The van der Waals surface area contributed by atoms with Crippen molar-refractivity contribution in [1.29, 1.82) is 0 Å². The van der Waals surface area contributed by atoms with E-state index in [4.69, 9.17) is 37.9 Å². The van der Waals surface area contributed by atoms with Gasteiger partial charge in [0.05, 0.1) is 82.6 Å². The van der Waals surface area contributed by atoms with E-state index in [1.54, 1.807) is 30.3 Å². The van der Waals surface area contributed by atoms with E-state index in [2.05, 4.69) is 10.3 Å². The summed E-state index contributed by atoms with van der Waals surface area (Å²) in [7, 11) is 0. The lowest BCUT2D eigenvalue weighted by Gasteiger charge is -2.26. The summed E-state index contributed by atoms with van der Waals surface area (Å²) >= 11 is 0. The smallest absolute Gasteiger partial charge is 0.482 e. The van der Waals surface area contributed by atoms with Crippen LogP contribution in [0, 0.1) is 10.1 Å². The number of carbonyl (C=O) groups excluding carboxylic acids is 2. The number of pyridine rings is 1. The van der Waals surface area contributed by atoms with Gasteiger partial charge >= 0.3 is 11.8 Å². The van der Waals surface area contributed by atoms with Gasteiger partial charge in [0.15, 0.2) is 11.5 Å². The number of ether oxygens (including phenoxy) is 8. The third-order valence-corrected chi connectivity index (χ3v) is 11.4. The van der Waals surface area contributed by atoms with Crippen molar-refractivity contribution in [2.75, 3.05) is 39.6 Å². The molecule has 0 saturated heterocycles. The second-order valence-corrected chi connectivity index (χ2v) is 17.2. The summed E-state index contributed by atoms with van der Waals surface area (Å²) in [5.41, 5.74) is 0.647. The molecule has 0 bridgehead atoms. The van der Waals surface area contributed by atoms with E-state index in [1.807, 2.05) is 121 Å². The Kier molecular flexibility index (Phi) is 21.5. The fourth-order valence-electron chi connectivity index (χ4n) is 7.64. The Morgan fingerprint density at radius 2 is 0.947 bits per heavy atom. The maximum atomic E-state index is 14.9. The Bertz CT molecular complexity index is 2790. The number of aromatic amines is 1. The van der Waals surface area contributed by atoms with Gasteiger partial charge in [-0.1, -0.05) is 152 Å². The van der Waals surface area contributed by atoms with Crippen LogP contribution >= 0.6 is 0 Å². The van der Waals surface area contributed by atoms with Crippen molar-refractivity contribution in [3.05, 3.63) is 241 Å². The Hall–Kier alpha value is -8.36. The van der Waals surface area contributed by atoms with Gasteiger partial charge in [0, 0.05) is 17.8 Å². The van der Waals surface area contributed by atoms with Crippen molar-refractivity contribution >= 4 is 23.5 Å². The number of carboxylic acid groups (broad SMARTS) is 1. The highest BCUT2D eigenvalue weighted by Crippen LogP contribution is 2.34. The van der Waals surface area contributed by atoms with Gasteiger partial charge in [-0.15, -0.1) is 0 Å². The molecule has 18 heteroatoms. The number of hydrogen-bond donors (Lipinski definition) is 3. The van der Waals surface area contributed by atoms with Crippen molar-refractivity contribution in [1.82, 2.24) is 10.3 Å². The molecule has 0 aliphatic heterocycles. The molecule has 0 fully saturated rings. The van der Waals surface area contributed by atoms with Gasteiger partial charge in [-0.2, -0.15) is 0 Å². The molecule has 0 radical (unpaired) electrons. The van der Waals surface area contributed by atoms with Crippen LogP contribution in [0.2, 0.25) is 0 Å². The van der Waals surface area contributed by atoms with E-state index >= 15 is 0 Å². The third-order valence-electron chi connectivity index (χ3n) is 11.4. The van der Waals surface area contributed by atoms with E-state index in [0.717, 1.165) is 46.6 Å². The monoisotopic (exact) mass is 1040 g/mol. The molecule has 1 amide bonds. The number of nitro benzene ring substituents is 1. The van der Waals surface area contributed by atoms with Crippen LogP contribution < -0.4 is 20.3 Å². The van der Waals surface area contributed by atoms with Gasteiger partial charge < -0.3 is 53.3 Å². The first-order chi connectivity index (χ1) is 37.1. The van der Waals surface area contributed by atoms with Gasteiger partial charge in [0.25, 0.3) is 11.5 Å². The zero-order valence-corrected chi connectivity index (χ0v) is 41.4. The zero-order chi connectivity index (χ0) is 53.3. The minimum absolute atomic E-state index is 0.0656. The van der Waals surface area contributed by atoms with Crippen molar-refractivity contribution in [3.8, 4) is 11.5 Å². The van der Waals surface area contributed by atoms with Gasteiger partial charge in [-0.3, -0.25) is 24.5 Å². The predicted octanol–water partition coefficient (Wildman–Crippen LogP) is 8.89. The highest BCUT2D eigenvalue weighted by molar-refractivity contribution is 6.17. The third kappa shape index (κ3) is 17.7. The molecule has 1 heterocycles. The summed E-state index contributed by atoms with van der Waals surface area (Å²) in [6.07, 6.45) is -2.18. The fraction of sp³-hybridized carbons (Fsp3) is 0.241. The molecular weight excluding hydrogens is 979 g/mol. The Balaban J connectivity index is 1.20. The summed E-state index contributed by atoms with van der Waals surface area (Å²) in [6, 6.07) is 48.6. The largest absolute Gasteiger partial charge is 0.511 e. The molecule has 394 valence electrons. The molecule has 7 aromatic rings. The topological polar surface area (TPSA) is 233 Å². The molecule has 76 heavy (non-hydrogen) atoms. The van der Waals surface area contributed by atoms with Crippen LogP contribution in [0.5, 0.6) is 11.5 Å². The molecule has 0 atom stereocenters. The molecule has 7 rings (SSSR count). The minimum Gasteiger partial charge on any atom is -0.482 e. The minimum atomic E-state index is -1.83. The molecule has 18 nitrogen and oxygen atoms in total. The van der Waals surface area contributed by atoms with Crippen LogP contribution in [0.3, 0.4) is 0 Å². The second-order valence-electron chi connectivity index (χ2n) is 17.2. The summed E-state index contributed by atoms with van der Waals surface area (Å²) in [4.78, 5) is 68.9. The molecule has 0 aliphatic carbocycles. The number of rotatable bonds is 31. The van der Waals surface area contributed by atoms with Crippen LogP contribution in [0.15, 0.2) is 181 Å². The Morgan fingerprint density at radius 1 is 0.539 bits per heavy atom. The highest BCUT2D eigenvalue weighted by Gasteiger charge is 2.32. The zero-order valence-electron chi connectivity index (χ0n) is 41.4. The molecule has 1 aromatic heterocycles. The van der Waals surface area contributed by atoms with Gasteiger partial charge in [-0.05, 0) is 39.9 Å². The first-order valence-electron chi connectivity index (χ1n) is 24.3. The molecule has 0 unspecified atom stereocenters. The van der Waals surface area contributed by atoms with E-state index in [0.29, 0.717) is 5.56 Å². The summed E-state index contributed by atoms with van der Waals surface area (Å²) in [5.74, 6) is -3.31. The molecule has 6 aromatic carbocycles. The summed E-state index contributed by atoms with van der Waals surface area (Å²) in [6.45, 7) is 0.634. The lowest BCUT2D eigenvalue weighted by Crippen LogP contribution is -2.45. The average molecular weight is 1040 g/mol. The van der Waals surface area contributed by atoms with Crippen molar-refractivity contribution < 1.29 is 62.3 Å². The Labute approximate surface area is 438 Å². The number of aromatic nitrogens is 1. The number of ketones is 1. The van der Waals surface area contributed by atoms with Crippen LogP contribution in [-0.2, 0) is 61.5 Å². The number of carbonyl (C=O) groups is 3. The number of amides is 1. The SMILES string of the molecule is O=C(O)Oc1cc[nH]c(=O)c1C(=O)c1cc(OCc2ccccc2)c([N+](=O)[O-])cc1C(=O)NC(COC(COCc1ccccc1)COCc1ccccc1)COC(COCc1ccccc1)COCc1ccccc1. The van der Waals surface area contributed by atoms with E-state index in [1.165, 1.54) is 0 Å². The second kappa shape index (κ2) is 29.5. The summed E-state index contributed by atoms with van der Waals surface area (Å²) in [5, 5.41) is 25.1. The first kappa shape index (κ1) is 55.4. The lowest BCUT2D eigenvalue weighted by molar-refractivity contribution is -0.386. The average Bonchev–Trinajstić information content (AvgIpc) is 3.44. The van der Waals surface area contributed by atoms with Gasteiger partial charge in [-0.25, -0.2) is 4.79 Å². The Morgan fingerprint density at radius 3 is 1.34 bits per heavy atom. The maximum Gasteiger partial charge on any atom is 0.511 e. The summed E-state index contributed by atoms with van der Waals surface area (Å²) < 4.78 is 48.1. The van der Waals surface area contributed by atoms with Gasteiger partial charge in [0.1, 0.15) is 24.4 Å². The van der Waals surface area contributed by atoms with Crippen LogP contribution in [-0.4, -0.2) is 90.8 Å². The number of H-pyrrole nitrogens is 1. The van der Waals surface area contributed by atoms with Crippen molar-refractivity contribution in [2.24, 2.45) is 0 Å². The highest BCUT2D eigenvalue weighted by atomic mass is 16.7. The first-order valence-corrected chi connectivity index (χ1v) is 24.3. The quantitative estimate of drug-likeness (QED) is 0.0159. The van der Waals surface area contributed by atoms with Crippen LogP contribution in [0.25, 0.3) is 0 Å².